The van der Waals surface area contributed by atoms with Crippen molar-refractivity contribution in [3.05, 3.63) is 69.0 Å². The number of carboxylic acid groups (broad SMARTS) is 1. The monoisotopic (exact) mass is 512 g/mol. The minimum Gasteiger partial charge on any atom is -0.481 e. The maximum Gasteiger partial charge on any atom is 0.323 e. The number of Topliss-reactive ketones (excluding diaryl/α,β-unsaturated/α-hetero) is 1. The first-order valence-corrected chi connectivity index (χ1v) is 11.1. The van der Waals surface area contributed by atoms with Crippen LogP contribution in [0.2, 0.25) is 0 Å². The highest BCUT2D eigenvalue weighted by Crippen LogP contribution is 2.13. The molecule has 5 rings (SSSR count). The van der Waals surface area contributed by atoms with Crippen LogP contribution in [0.3, 0.4) is 0 Å². The van der Waals surface area contributed by atoms with Gasteiger partial charge >= 0.3 is 29.3 Å². The number of para-hydroxylation sites is 2. The molecule has 0 aliphatic carbocycles. The Hall–Kier alpha value is -4.74. The van der Waals surface area contributed by atoms with Crippen LogP contribution in [0.5, 0.6) is 0 Å². The second-order valence-electron chi connectivity index (χ2n) is 7.83. The van der Waals surface area contributed by atoms with Gasteiger partial charge in [0.2, 0.25) is 0 Å². The summed E-state index contributed by atoms with van der Waals surface area (Å²) in [6, 6.07) is 12.3. The van der Waals surface area contributed by atoms with Crippen LogP contribution in [-0.4, -0.2) is 48.7 Å². The molecule has 4 aromatic rings. The number of hydrogen-bond acceptors (Lipinski definition) is 7. The average molecular weight is 513 g/mol. The van der Waals surface area contributed by atoms with Crippen molar-refractivity contribution in [1.29, 1.82) is 0 Å². The van der Waals surface area contributed by atoms with Crippen LogP contribution < -0.4 is 11.4 Å². The van der Waals surface area contributed by atoms with Crippen LogP contribution in [0.15, 0.2) is 52.1 Å². The van der Waals surface area contributed by atoms with E-state index in [9.17, 15) is 28.8 Å². The summed E-state index contributed by atoms with van der Waals surface area (Å²) >= 11 is 0. The van der Waals surface area contributed by atoms with Crippen molar-refractivity contribution in [3.63, 3.8) is 0 Å². The molecule has 0 spiro atoms. The molecule has 0 bridgehead atoms. The van der Waals surface area contributed by atoms with Crippen molar-refractivity contribution in [3.8, 4) is 0 Å². The van der Waals surface area contributed by atoms with Gasteiger partial charge in [-0.1, -0.05) is 19.6 Å². The van der Waals surface area contributed by atoms with E-state index in [-0.39, 0.29) is 49.4 Å². The molecule has 0 unspecified atom stereocenters. The molecule has 0 saturated carbocycles. The molecule has 2 aromatic carbocycles. The number of carbonyl (C=O) groups excluding carboxylic acids is 3. The first-order chi connectivity index (χ1) is 17.2. The number of aromatic amines is 4. The molecular formula is C25H28N4O8. The van der Waals surface area contributed by atoms with E-state index in [1.807, 2.05) is 24.3 Å². The molecule has 1 saturated heterocycles. The standard InChI is InChI=1S/C12H12N2O4.C7H6N2O.C5H6O3.CH4/c15-10(2-1-3-11(16)17)7-4-5-8-9(6-7)14-12(18)13-8;10-7-8-5-3-1-2-4-6(5)9-7;6-4-2-1-3-5(7)8-4;/h4-6H,1-3H2,(H,16,17)(H2,13,14,18);1-4H,(H2,8,9,10);1-3H2;1H4. The van der Waals surface area contributed by atoms with Gasteiger partial charge in [0, 0.05) is 31.2 Å². The van der Waals surface area contributed by atoms with Crippen LogP contribution in [0.4, 0.5) is 0 Å². The highest BCUT2D eigenvalue weighted by Gasteiger charge is 2.16. The normalized spacial score (nSPS) is 12.4. The largest absolute Gasteiger partial charge is 0.481 e. The number of carbonyl (C=O) groups is 4. The first kappa shape index (κ1) is 28.5. The maximum absolute atomic E-state index is 11.8. The molecular weight excluding hydrogens is 484 g/mol. The van der Waals surface area contributed by atoms with E-state index in [1.165, 1.54) is 0 Å². The number of aromatic nitrogens is 4. The number of cyclic esters (lactones) is 2. The number of fused-ring (bicyclic) bond motifs is 2. The number of ether oxygens (including phenoxy) is 1. The number of aliphatic carboxylic acids is 1. The van der Waals surface area contributed by atoms with Gasteiger partial charge in [0.15, 0.2) is 5.78 Å². The van der Waals surface area contributed by atoms with Crippen LogP contribution >= 0.6 is 0 Å². The van der Waals surface area contributed by atoms with Gasteiger partial charge in [0.25, 0.3) is 0 Å². The molecule has 37 heavy (non-hydrogen) atoms. The lowest BCUT2D eigenvalue weighted by Crippen LogP contribution is -2.17. The third-order valence-electron chi connectivity index (χ3n) is 5.05. The summed E-state index contributed by atoms with van der Waals surface area (Å²) < 4.78 is 4.21. The Balaban J connectivity index is 0.000000213. The number of esters is 2. The Morgan fingerprint density at radius 1 is 0.757 bits per heavy atom. The van der Waals surface area contributed by atoms with E-state index in [2.05, 4.69) is 24.7 Å². The number of hydrogen-bond donors (Lipinski definition) is 5. The van der Waals surface area contributed by atoms with E-state index in [0.29, 0.717) is 42.3 Å². The minimum absolute atomic E-state index is 0. The number of imidazole rings is 2. The van der Waals surface area contributed by atoms with Gasteiger partial charge in [0.05, 0.1) is 22.1 Å². The van der Waals surface area contributed by atoms with E-state index in [1.54, 1.807) is 18.2 Å². The molecule has 12 heteroatoms. The lowest BCUT2D eigenvalue weighted by molar-refractivity contribution is -0.163. The molecule has 0 amide bonds. The van der Waals surface area contributed by atoms with Gasteiger partial charge < -0.3 is 29.8 Å². The molecule has 1 aliphatic rings. The lowest BCUT2D eigenvalue weighted by atomic mass is 10.1. The molecule has 196 valence electrons. The molecule has 1 aliphatic heterocycles. The number of H-pyrrole nitrogens is 4. The fourth-order valence-corrected chi connectivity index (χ4v) is 3.33. The summed E-state index contributed by atoms with van der Waals surface area (Å²) in [5, 5.41) is 8.49. The van der Waals surface area contributed by atoms with Crippen LogP contribution in [0.1, 0.15) is 56.3 Å². The Bertz CT molecular complexity index is 1460. The van der Waals surface area contributed by atoms with Crippen LogP contribution in [0, 0.1) is 0 Å². The van der Waals surface area contributed by atoms with Gasteiger partial charge in [0.1, 0.15) is 0 Å². The smallest absolute Gasteiger partial charge is 0.323 e. The highest BCUT2D eigenvalue weighted by molar-refractivity contribution is 5.98. The molecule has 0 atom stereocenters. The molecule has 3 heterocycles. The zero-order valence-corrected chi connectivity index (χ0v) is 19.1. The Labute approximate surface area is 210 Å². The zero-order chi connectivity index (χ0) is 26.1. The van der Waals surface area contributed by atoms with Crippen molar-refractivity contribution in [2.75, 3.05) is 0 Å². The lowest BCUT2D eigenvalue weighted by Gasteiger charge is -2.06. The molecule has 0 radical (unpaired) electrons. The van der Waals surface area contributed by atoms with Crippen molar-refractivity contribution >= 4 is 45.8 Å². The average Bonchev–Trinajstić information content (AvgIpc) is 3.39. The van der Waals surface area contributed by atoms with Gasteiger partial charge in [-0.2, -0.15) is 0 Å². The topological polar surface area (TPSA) is 195 Å². The van der Waals surface area contributed by atoms with E-state index < -0.39 is 5.97 Å². The highest BCUT2D eigenvalue weighted by atomic mass is 16.6. The number of rotatable bonds is 5. The fourth-order valence-electron chi connectivity index (χ4n) is 3.33. The molecule has 5 N–H and O–H groups in total. The fraction of sp³-hybridized carbons (Fsp3) is 0.280. The summed E-state index contributed by atoms with van der Waals surface area (Å²) in [5.41, 5.74) is 2.93. The Morgan fingerprint density at radius 3 is 1.76 bits per heavy atom. The second kappa shape index (κ2) is 13.4. The summed E-state index contributed by atoms with van der Waals surface area (Å²) in [6.07, 6.45) is 1.92. The summed E-state index contributed by atoms with van der Waals surface area (Å²) in [7, 11) is 0. The van der Waals surface area contributed by atoms with Crippen molar-refractivity contribution in [2.24, 2.45) is 0 Å². The van der Waals surface area contributed by atoms with E-state index in [4.69, 9.17) is 5.11 Å². The number of ketones is 1. The third kappa shape index (κ3) is 8.76. The Kier molecular flexibility index (Phi) is 10.3. The quantitative estimate of drug-likeness (QED) is 0.153. The van der Waals surface area contributed by atoms with Crippen molar-refractivity contribution in [1.82, 2.24) is 19.9 Å². The second-order valence-corrected chi connectivity index (χ2v) is 7.83. The molecule has 12 nitrogen and oxygen atoms in total. The SMILES string of the molecule is C.O=C(O)CCCC(=O)c1ccc2[nH]c(=O)[nH]c2c1.O=C1CCCC(=O)O1.O=c1[nH]c2ccccc2[nH]1. The number of nitrogens with one attached hydrogen (secondary N) is 4. The van der Waals surface area contributed by atoms with E-state index >= 15 is 0 Å². The first-order valence-electron chi connectivity index (χ1n) is 11.1. The van der Waals surface area contributed by atoms with Crippen LogP contribution in [-0.2, 0) is 19.1 Å². The van der Waals surface area contributed by atoms with Gasteiger partial charge in [-0.3, -0.25) is 19.2 Å². The predicted molar refractivity (Wildman–Crippen MR) is 135 cm³/mol. The summed E-state index contributed by atoms with van der Waals surface area (Å²) in [4.78, 5) is 74.8. The van der Waals surface area contributed by atoms with Gasteiger partial charge in [-0.05, 0) is 43.2 Å². The predicted octanol–water partition coefficient (Wildman–Crippen LogP) is 3.03. The third-order valence-corrected chi connectivity index (χ3v) is 5.05. The van der Waals surface area contributed by atoms with Crippen molar-refractivity contribution in [2.45, 2.75) is 46.0 Å². The van der Waals surface area contributed by atoms with Crippen molar-refractivity contribution < 1.29 is 29.0 Å². The van der Waals surface area contributed by atoms with E-state index in [0.717, 1.165) is 11.0 Å². The molecule has 2 aromatic heterocycles. The van der Waals surface area contributed by atoms with Gasteiger partial charge in [-0.25, -0.2) is 9.59 Å². The maximum atomic E-state index is 11.8. The summed E-state index contributed by atoms with van der Waals surface area (Å²) in [6.45, 7) is 0. The molecule has 1 fully saturated rings. The number of benzene rings is 2. The zero-order valence-electron chi connectivity index (χ0n) is 19.1. The van der Waals surface area contributed by atoms with Gasteiger partial charge in [-0.15, -0.1) is 0 Å². The van der Waals surface area contributed by atoms with Crippen LogP contribution in [0.25, 0.3) is 22.1 Å². The Morgan fingerprint density at radius 2 is 1.27 bits per heavy atom. The number of carboxylic acids is 1. The minimum atomic E-state index is -0.909. The summed E-state index contributed by atoms with van der Waals surface area (Å²) in [5.74, 6) is -1.81.